The summed E-state index contributed by atoms with van der Waals surface area (Å²) in [6.45, 7) is 3.67. The summed E-state index contributed by atoms with van der Waals surface area (Å²) in [6.07, 6.45) is 4.62. The Balaban J connectivity index is 1.53. The van der Waals surface area contributed by atoms with Crippen LogP contribution in [0.15, 0.2) is 73.2 Å². The summed E-state index contributed by atoms with van der Waals surface area (Å²) in [5.74, 6) is -2.46. The van der Waals surface area contributed by atoms with Gasteiger partial charge in [-0.3, -0.25) is 29.0 Å². The van der Waals surface area contributed by atoms with E-state index >= 15 is 0 Å². The Bertz CT molecular complexity index is 1920. The number of ether oxygens (including phenoxy) is 2. The lowest BCUT2D eigenvalue weighted by molar-refractivity contribution is -0.141. The first kappa shape index (κ1) is 38.8. The molecular formula is C38H44ClN7O7. The molecule has 2 aliphatic rings. The Kier molecular flexibility index (Phi) is 13.4. The fourth-order valence-electron chi connectivity index (χ4n) is 6.01. The molecule has 0 radical (unpaired) electrons. The number of carbonyl (C=O) groups excluding carboxylic acids is 5. The molecule has 0 aliphatic carbocycles. The molecule has 15 heteroatoms. The van der Waals surface area contributed by atoms with E-state index in [1.54, 1.807) is 44.3 Å². The van der Waals surface area contributed by atoms with Crippen LogP contribution in [0.5, 0.6) is 5.75 Å². The lowest BCUT2D eigenvalue weighted by Gasteiger charge is -2.30. The van der Waals surface area contributed by atoms with E-state index in [2.05, 4.69) is 31.2 Å². The van der Waals surface area contributed by atoms with E-state index in [-0.39, 0.29) is 61.6 Å². The minimum Gasteiger partial charge on any atom is -0.492 e. The number of para-hydroxylation sites is 1. The van der Waals surface area contributed by atoms with Crippen molar-refractivity contribution in [1.29, 1.82) is 0 Å². The molecule has 5 amide bonds. The predicted molar refractivity (Wildman–Crippen MR) is 198 cm³/mol. The molecule has 4 heterocycles. The number of amides is 5. The molecule has 53 heavy (non-hydrogen) atoms. The van der Waals surface area contributed by atoms with Crippen LogP contribution < -0.4 is 26.0 Å². The number of nitrogens with zero attached hydrogens (tertiary/aromatic N) is 2. The van der Waals surface area contributed by atoms with E-state index in [1.807, 2.05) is 24.3 Å². The summed E-state index contributed by atoms with van der Waals surface area (Å²) in [6, 6.07) is 12.8. The number of benzene rings is 2. The third-order valence-corrected chi connectivity index (χ3v) is 9.02. The van der Waals surface area contributed by atoms with E-state index in [9.17, 15) is 24.0 Å². The number of aromatic nitrogens is 2. The van der Waals surface area contributed by atoms with Gasteiger partial charge in [-0.25, -0.2) is 0 Å². The summed E-state index contributed by atoms with van der Waals surface area (Å²) in [5, 5.41) is 12.4. The van der Waals surface area contributed by atoms with Crippen LogP contribution in [0.4, 0.5) is 0 Å². The Morgan fingerprint density at radius 3 is 2.57 bits per heavy atom. The number of nitrogens with one attached hydrogen (secondary N) is 5. The van der Waals surface area contributed by atoms with Crippen molar-refractivity contribution >= 4 is 52.0 Å². The second kappa shape index (κ2) is 18.3. The number of rotatable bonds is 8. The summed E-state index contributed by atoms with van der Waals surface area (Å²) in [7, 11) is 1.47. The number of carbonyl (C=O) groups is 5. The second-order valence-electron chi connectivity index (χ2n) is 13.1. The fraction of sp³-hybridized carbons (Fsp3) is 0.368. The molecule has 0 saturated carbocycles. The SMILES string of the molecule is COCCN1CC(=O)N[C@@H](C(C)C)C(=O)NCCOc2ccc(cc2)C[C@H](NC(=O)c2cncc(Cl)c2)C(=O)N[C@@H](Cc2c[nH]c3ccccc23)C1=O. The average Bonchev–Trinajstić information content (AvgIpc) is 3.55. The van der Waals surface area contributed by atoms with Crippen LogP contribution >= 0.6 is 11.6 Å². The molecule has 280 valence electrons. The van der Waals surface area contributed by atoms with Gasteiger partial charge in [0.15, 0.2) is 0 Å². The van der Waals surface area contributed by atoms with Crippen molar-refractivity contribution in [2.24, 2.45) is 5.92 Å². The monoisotopic (exact) mass is 745 g/mol. The number of fused-ring (bicyclic) bond motifs is 18. The van der Waals surface area contributed by atoms with Crippen LogP contribution in [0.25, 0.3) is 10.9 Å². The van der Waals surface area contributed by atoms with Crippen molar-refractivity contribution in [2.75, 3.05) is 40.0 Å². The molecule has 2 aliphatic heterocycles. The van der Waals surface area contributed by atoms with Gasteiger partial charge in [0, 0.05) is 56.0 Å². The number of hydrogen-bond donors (Lipinski definition) is 5. The largest absolute Gasteiger partial charge is 0.492 e. The first-order valence-corrected chi connectivity index (χ1v) is 17.7. The van der Waals surface area contributed by atoms with Gasteiger partial charge in [-0.1, -0.05) is 55.8 Å². The maximum Gasteiger partial charge on any atom is 0.253 e. The van der Waals surface area contributed by atoms with Gasteiger partial charge in [-0.15, -0.1) is 0 Å². The van der Waals surface area contributed by atoms with Gasteiger partial charge in [0.05, 0.1) is 30.3 Å². The standard InChI is InChI=1S/C38H44ClN7O7/c1-23(2)34-37(50)41-12-14-53-28-10-8-24(9-11-28)16-31(43-35(48)26-17-27(39)21-40-19-26)36(49)44-32(18-25-20-42-30-7-5-4-6-29(25)30)38(51)46(13-15-52-3)22-33(47)45-34/h4-11,17,19-21,23,31-32,34,42H,12-16,18,22H2,1-3H3,(H,41,50)(H,43,48)(H,44,49)(H,45,47)/t31-,32-,34-/m0/s1. The van der Waals surface area contributed by atoms with Gasteiger partial charge in [0.25, 0.3) is 5.91 Å². The first-order chi connectivity index (χ1) is 25.5. The van der Waals surface area contributed by atoms with Crippen LogP contribution in [0.2, 0.25) is 5.02 Å². The van der Waals surface area contributed by atoms with Crippen LogP contribution in [-0.4, -0.2) is 102 Å². The van der Waals surface area contributed by atoms with Gasteiger partial charge in [0.2, 0.25) is 23.6 Å². The average molecular weight is 746 g/mol. The van der Waals surface area contributed by atoms with Crippen molar-refractivity contribution in [3.63, 3.8) is 0 Å². The molecule has 0 saturated heterocycles. The lowest BCUT2D eigenvalue weighted by Crippen LogP contribution is -2.58. The molecule has 2 aromatic heterocycles. The number of hydrogen-bond acceptors (Lipinski definition) is 8. The van der Waals surface area contributed by atoms with Gasteiger partial charge in [-0.2, -0.15) is 0 Å². The zero-order valence-corrected chi connectivity index (χ0v) is 30.6. The molecule has 6 rings (SSSR count). The normalized spacial score (nSPS) is 19.3. The van der Waals surface area contributed by atoms with Crippen LogP contribution in [0.3, 0.4) is 0 Å². The Labute approximate surface area is 312 Å². The number of aromatic amines is 1. The minimum absolute atomic E-state index is 0.0210. The van der Waals surface area contributed by atoms with Crippen molar-refractivity contribution in [3.05, 3.63) is 94.9 Å². The minimum atomic E-state index is -1.18. The van der Waals surface area contributed by atoms with Crippen LogP contribution in [0.1, 0.15) is 35.3 Å². The van der Waals surface area contributed by atoms with E-state index in [0.717, 1.165) is 16.5 Å². The number of halogens is 1. The zero-order chi connectivity index (χ0) is 37.9. The number of pyridine rings is 1. The lowest BCUT2D eigenvalue weighted by atomic mass is 10.0. The van der Waals surface area contributed by atoms with Gasteiger partial charge in [-0.05, 0) is 41.3 Å². The topological polar surface area (TPSA) is 184 Å². The smallest absolute Gasteiger partial charge is 0.253 e. The third kappa shape index (κ3) is 10.5. The molecule has 3 atom stereocenters. The van der Waals surface area contributed by atoms with E-state index in [1.165, 1.54) is 30.5 Å². The summed E-state index contributed by atoms with van der Waals surface area (Å²) >= 11 is 6.10. The molecule has 14 nitrogen and oxygen atoms in total. The molecule has 0 spiro atoms. The highest BCUT2D eigenvalue weighted by Gasteiger charge is 2.33. The molecule has 2 bridgehead atoms. The predicted octanol–water partition coefficient (Wildman–Crippen LogP) is 2.41. The molecule has 0 fully saturated rings. The quantitative estimate of drug-likeness (QED) is 0.170. The maximum absolute atomic E-state index is 14.5. The number of methoxy groups -OCH3 is 1. The Morgan fingerprint density at radius 1 is 1.06 bits per heavy atom. The van der Waals surface area contributed by atoms with E-state index in [4.69, 9.17) is 21.1 Å². The second-order valence-corrected chi connectivity index (χ2v) is 13.5. The van der Waals surface area contributed by atoms with Crippen molar-refractivity contribution in [2.45, 2.75) is 44.8 Å². The van der Waals surface area contributed by atoms with Crippen molar-refractivity contribution < 1.29 is 33.4 Å². The molecule has 4 aromatic rings. The molecule has 5 N–H and O–H groups in total. The third-order valence-electron chi connectivity index (χ3n) is 8.81. The fourth-order valence-corrected chi connectivity index (χ4v) is 6.18. The van der Waals surface area contributed by atoms with Crippen LogP contribution in [-0.2, 0) is 36.8 Å². The molecular weight excluding hydrogens is 702 g/mol. The van der Waals surface area contributed by atoms with Crippen molar-refractivity contribution in [1.82, 2.24) is 36.1 Å². The van der Waals surface area contributed by atoms with Gasteiger partial charge < -0.3 is 40.6 Å². The highest BCUT2D eigenvalue weighted by atomic mass is 35.5. The van der Waals surface area contributed by atoms with Crippen molar-refractivity contribution in [3.8, 4) is 5.75 Å². The first-order valence-electron chi connectivity index (χ1n) is 17.4. The van der Waals surface area contributed by atoms with E-state index < -0.39 is 48.3 Å². The van der Waals surface area contributed by atoms with Crippen LogP contribution in [0, 0.1) is 5.92 Å². The molecule has 2 aromatic carbocycles. The Hall–Kier alpha value is -5.47. The summed E-state index contributed by atoms with van der Waals surface area (Å²) in [5.41, 5.74) is 2.44. The maximum atomic E-state index is 14.5. The molecule has 0 unspecified atom stereocenters. The van der Waals surface area contributed by atoms with Gasteiger partial charge >= 0.3 is 0 Å². The summed E-state index contributed by atoms with van der Waals surface area (Å²) in [4.78, 5) is 77.4. The zero-order valence-electron chi connectivity index (χ0n) is 29.8. The van der Waals surface area contributed by atoms with E-state index in [0.29, 0.717) is 11.3 Å². The van der Waals surface area contributed by atoms with Gasteiger partial charge in [0.1, 0.15) is 30.5 Å². The highest BCUT2D eigenvalue weighted by Crippen LogP contribution is 2.21. The number of H-pyrrole nitrogens is 1. The highest BCUT2D eigenvalue weighted by molar-refractivity contribution is 6.30. The Morgan fingerprint density at radius 2 is 1.83 bits per heavy atom. The summed E-state index contributed by atoms with van der Waals surface area (Å²) < 4.78 is 11.1.